The lowest BCUT2D eigenvalue weighted by Crippen LogP contribution is -2.20. The molecule has 49 heavy (non-hydrogen) atoms. The first-order valence-electron chi connectivity index (χ1n) is 16.9. The molecule has 7 nitrogen and oxygen atoms in total. The van der Waals surface area contributed by atoms with E-state index in [4.69, 9.17) is 18.9 Å². The highest BCUT2D eigenvalue weighted by Gasteiger charge is 2.24. The summed E-state index contributed by atoms with van der Waals surface area (Å²) >= 11 is 0. The average Bonchev–Trinajstić information content (AvgIpc) is 3.07. The number of phenols is 2. The van der Waals surface area contributed by atoms with Crippen LogP contribution < -0.4 is 9.47 Å². The van der Waals surface area contributed by atoms with Crippen LogP contribution in [-0.4, -0.2) is 42.6 Å². The van der Waals surface area contributed by atoms with Gasteiger partial charge in [0.1, 0.15) is 23.0 Å². The minimum atomic E-state index is -0.250. The largest absolute Gasteiger partial charge is 0.508 e. The molecule has 2 atom stereocenters. The molecule has 0 aliphatic rings. The van der Waals surface area contributed by atoms with Gasteiger partial charge in [-0.25, -0.2) is 0 Å². The van der Waals surface area contributed by atoms with Gasteiger partial charge >= 0.3 is 0 Å². The van der Waals surface area contributed by atoms with E-state index >= 15 is 0 Å². The first-order valence-corrected chi connectivity index (χ1v) is 16.9. The molecule has 0 radical (unpaired) electrons. The topological polar surface area (TPSA) is 86.6 Å². The van der Waals surface area contributed by atoms with Gasteiger partial charge in [-0.05, 0) is 105 Å². The summed E-state index contributed by atoms with van der Waals surface area (Å²) in [5.41, 5.74) is 4.41. The van der Waals surface area contributed by atoms with Gasteiger partial charge in [0.2, 0.25) is 0 Å². The Balaban J connectivity index is 0.000000321. The maximum Gasteiger partial charge on any atom is 0.196 e. The van der Waals surface area contributed by atoms with Gasteiger partial charge in [-0.3, -0.25) is 0 Å². The number of rotatable bonds is 14. The lowest BCUT2D eigenvalue weighted by molar-refractivity contribution is -0.0616. The Morgan fingerprint density at radius 3 is 1.04 bits per heavy atom. The van der Waals surface area contributed by atoms with Gasteiger partial charge < -0.3 is 33.9 Å². The molecule has 4 aromatic rings. The quantitative estimate of drug-likeness (QED) is 0.102. The van der Waals surface area contributed by atoms with Crippen molar-refractivity contribution in [2.24, 2.45) is 0 Å². The van der Waals surface area contributed by atoms with E-state index in [0.29, 0.717) is 13.2 Å². The number of aromatic hydroxyl groups is 2. The predicted molar refractivity (Wildman–Crippen MR) is 199 cm³/mol. The van der Waals surface area contributed by atoms with Gasteiger partial charge in [-0.1, -0.05) is 82.8 Å². The van der Waals surface area contributed by atoms with Gasteiger partial charge in [0.05, 0.1) is 12.9 Å². The zero-order chi connectivity index (χ0) is 36.5. The van der Waals surface area contributed by atoms with Crippen molar-refractivity contribution in [3.63, 3.8) is 0 Å². The number of benzene rings is 4. The molecule has 0 aliphatic heterocycles. The smallest absolute Gasteiger partial charge is 0.196 e. The van der Waals surface area contributed by atoms with Crippen LogP contribution in [0.2, 0.25) is 0 Å². The first-order chi connectivity index (χ1) is 23.3. The van der Waals surface area contributed by atoms with Crippen LogP contribution >= 0.6 is 0 Å². The van der Waals surface area contributed by atoms with Crippen molar-refractivity contribution in [1.29, 1.82) is 0 Å². The van der Waals surface area contributed by atoms with Crippen LogP contribution in [0.15, 0.2) is 110 Å². The minimum Gasteiger partial charge on any atom is -0.508 e. The highest BCUT2D eigenvalue weighted by molar-refractivity contribution is 5.43. The van der Waals surface area contributed by atoms with E-state index in [9.17, 15) is 10.2 Å². The molecule has 0 bridgehead atoms. The molecule has 4 aromatic carbocycles. The van der Waals surface area contributed by atoms with Gasteiger partial charge in [0, 0.05) is 24.0 Å². The number of hydrogen-bond acceptors (Lipinski definition) is 7. The number of phenolic OH excluding ortho intramolecular Hbond substituents is 2. The normalized spacial score (nSPS) is 12.3. The molecule has 0 aliphatic carbocycles. The van der Waals surface area contributed by atoms with Gasteiger partial charge in [0.25, 0.3) is 0 Å². The summed E-state index contributed by atoms with van der Waals surface area (Å²) in [6.45, 7) is 23.6. The second kappa shape index (κ2) is 20.1. The fourth-order valence-corrected chi connectivity index (χ4v) is 5.03. The molecule has 0 saturated carbocycles. The third kappa shape index (κ3) is 13.2. The molecule has 266 valence electrons. The summed E-state index contributed by atoms with van der Waals surface area (Å²) in [4.78, 5) is 0. The monoisotopic (exact) mass is 672 g/mol. The zero-order valence-electron chi connectivity index (χ0n) is 30.7. The molecule has 7 heteroatoms. The molecular formula is C42H56O7. The lowest BCUT2D eigenvalue weighted by atomic mass is 9.78. The van der Waals surface area contributed by atoms with E-state index in [1.54, 1.807) is 24.3 Å². The molecule has 2 N–H and O–H groups in total. The molecule has 0 heterocycles. The Bertz CT molecular complexity index is 1370. The third-order valence-electron chi connectivity index (χ3n) is 8.02. The molecule has 0 amide bonds. The van der Waals surface area contributed by atoms with Crippen LogP contribution in [0.25, 0.3) is 0 Å². The first kappa shape index (κ1) is 40.7. The summed E-state index contributed by atoms with van der Waals surface area (Å²) in [6.07, 6.45) is 0.931. The molecule has 0 aromatic heterocycles. The predicted octanol–water partition coefficient (Wildman–Crippen LogP) is 10.1. The van der Waals surface area contributed by atoms with Crippen molar-refractivity contribution < 1.29 is 33.9 Å². The molecule has 2 unspecified atom stereocenters. The second-order valence-corrected chi connectivity index (χ2v) is 12.3. The van der Waals surface area contributed by atoms with E-state index in [1.165, 1.54) is 17.4 Å². The Morgan fingerprint density at radius 2 is 0.816 bits per heavy atom. The lowest BCUT2D eigenvalue weighted by Gasteiger charge is -2.27. The summed E-state index contributed by atoms with van der Waals surface area (Å²) in [5, 5.41) is 18.6. The minimum absolute atomic E-state index is 0.131. The Morgan fingerprint density at radius 1 is 0.531 bits per heavy atom. The standard InChI is InChI=1S/C23H32O4.C15H16O2.C4H8O/c1-7-24-17(3)26-21-13-9-19(10-14-21)23(5,6)20-11-15-22(16-12-20)27-18(4)25-8-2;1-15(2,11-3-7-13(16)8-4-11)12-5-9-14(17)10-6-12;1-3-5-4-2/h9-18H,7-8H2,1-6H3;3-10,16-17H,1-2H3;3H,1,4H2,2H3. The van der Waals surface area contributed by atoms with E-state index in [-0.39, 0.29) is 34.9 Å². The van der Waals surface area contributed by atoms with Crippen LogP contribution in [0.5, 0.6) is 23.0 Å². The maximum atomic E-state index is 9.30. The number of ether oxygens (including phenoxy) is 5. The van der Waals surface area contributed by atoms with Gasteiger partial charge in [-0.15, -0.1) is 0 Å². The molecular weight excluding hydrogens is 616 g/mol. The molecule has 0 fully saturated rings. The van der Waals surface area contributed by atoms with Gasteiger partial charge in [-0.2, -0.15) is 0 Å². The number of hydrogen-bond donors (Lipinski definition) is 2. The van der Waals surface area contributed by atoms with E-state index in [1.807, 2.05) is 83.1 Å². The second-order valence-electron chi connectivity index (χ2n) is 12.3. The van der Waals surface area contributed by atoms with Crippen LogP contribution in [0.4, 0.5) is 0 Å². The molecule has 4 rings (SSSR count). The fraction of sp³-hybridized carbons (Fsp3) is 0.381. The van der Waals surface area contributed by atoms with Crippen LogP contribution in [0, 0.1) is 0 Å². The summed E-state index contributed by atoms with van der Waals surface area (Å²) in [5.74, 6) is 2.17. The average molecular weight is 673 g/mol. The zero-order valence-corrected chi connectivity index (χ0v) is 30.7. The van der Waals surface area contributed by atoms with Crippen LogP contribution in [0.1, 0.15) is 84.6 Å². The Hall–Kier alpha value is -4.46. The van der Waals surface area contributed by atoms with Crippen LogP contribution in [-0.2, 0) is 25.0 Å². The van der Waals surface area contributed by atoms with Gasteiger partial charge in [0.15, 0.2) is 12.6 Å². The highest BCUT2D eigenvalue weighted by atomic mass is 16.7. The third-order valence-corrected chi connectivity index (χ3v) is 8.02. The van der Waals surface area contributed by atoms with Crippen molar-refractivity contribution in [1.82, 2.24) is 0 Å². The van der Waals surface area contributed by atoms with Crippen LogP contribution in [0.3, 0.4) is 0 Å². The van der Waals surface area contributed by atoms with Crippen molar-refractivity contribution in [3.05, 3.63) is 132 Å². The van der Waals surface area contributed by atoms with E-state index in [0.717, 1.165) is 29.2 Å². The molecule has 0 saturated heterocycles. The molecule has 0 spiro atoms. The maximum absolute atomic E-state index is 9.30. The van der Waals surface area contributed by atoms with E-state index in [2.05, 4.69) is 63.3 Å². The summed E-state index contributed by atoms with van der Waals surface area (Å²) < 4.78 is 26.9. The Labute approximate surface area is 294 Å². The SMILES string of the molecule is C=COCC.CC(C)(c1ccc(O)cc1)c1ccc(O)cc1.CCOC(C)Oc1ccc(C(C)(C)c2ccc(OC(C)OCC)cc2)cc1. The van der Waals surface area contributed by atoms with E-state index < -0.39 is 0 Å². The van der Waals surface area contributed by atoms with Crippen molar-refractivity contribution >= 4 is 0 Å². The fourth-order valence-electron chi connectivity index (χ4n) is 5.03. The van der Waals surface area contributed by atoms with Crippen molar-refractivity contribution in [2.45, 2.75) is 85.7 Å². The summed E-state index contributed by atoms with van der Waals surface area (Å²) in [7, 11) is 0. The summed E-state index contributed by atoms with van der Waals surface area (Å²) in [6, 6.07) is 30.8. The van der Waals surface area contributed by atoms with Crippen molar-refractivity contribution in [2.75, 3.05) is 19.8 Å². The Kier molecular flexibility index (Phi) is 16.7. The highest BCUT2D eigenvalue weighted by Crippen LogP contribution is 2.34. The van der Waals surface area contributed by atoms with Crippen molar-refractivity contribution in [3.8, 4) is 23.0 Å².